The van der Waals surface area contributed by atoms with Crippen LogP contribution in [0.15, 0.2) is 27.8 Å². The van der Waals surface area contributed by atoms with Gasteiger partial charge in [0.05, 0.1) is 12.8 Å². The maximum atomic E-state index is 10.6. The Bertz CT molecular complexity index is 715. The lowest BCUT2D eigenvalue weighted by atomic mass is 10.0. The molecule has 0 bridgehead atoms. The highest BCUT2D eigenvalue weighted by atomic mass is 127. The van der Waals surface area contributed by atoms with Crippen molar-refractivity contribution in [1.29, 1.82) is 0 Å². The molecular formula is C18H31IN6O3. The number of aromatic nitrogens is 3. The number of aliphatic hydroxyl groups is 1. The van der Waals surface area contributed by atoms with Crippen LogP contribution in [0.4, 0.5) is 0 Å². The summed E-state index contributed by atoms with van der Waals surface area (Å²) in [6, 6.07) is 3.50. The minimum atomic E-state index is -1.15. The van der Waals surface area contributed by atoms with Gasteiger partial charge < -0.3 is 29.5 Å². The number of halogens is 1. The van der Waals surface area contributed by atoms with Gasteiger partial charge in [0.2, 0.25) is 0 Å². The van der Waals surface area contributed by atoms with Crippen molar-refractivity contribution in [1.82, 2.24) is 25.4 Å². The molecule has 158 valence electrons. The fourth-order valence-electron chi connectivity index (χ4n) is 2.37. The zero-order chi connectivity index (χ0) is 19.7. The van der Waals surface area contributed by atoms with E-state index in [0.717, 1.165) is 18.1 Å². The van der Waals surface area contributed by atoms with Crippen LogP contribution in [0.25, 0.3) is 0 Å². The summed E-state index contributed by atoms with van der Waals surface area (Å²) in [5.74, 6) is 2.68. The van der Waals surface area contributed by atoms with E-state index in [0.29, 0.717) is 38.0 Å². The van der Waals surface area contributed by atoms with E-state index in [1.807, 2.05) is 25.5 Å². The van der Waals surface area contributed by atoms with E-state index < -0.39 is 5.60 Å². The Morgan fingerprint density at radius 1 is 1.39 bits per heavy atom. The topological polar surface area (TPSA) is 110 Å². The van der Waals surface area contributed by atoms with Gasteiger partial charge in [-0.25, -0.2) is 4.99 Å². The van der Waals surface area contributed by atoms with E-state index in [2.05, 4.69) is 25.8 Å². The highest BCUT2D eigenvalue weighted by Crippen LogP contribution is 2.19. The molecule has 1 atom stereocenters. The smallest absolute Gasteiger partial charge is 0.191 e. The number of hydrogen-bond acceptors (Lipinski definition) is 6. The summed E-state index contributed by atoms with van der Waals surface area (Å²) in [5, 5.41) is 25.2. The Labute approximate surface area is 183 Å². The van der Waals surface area contributed by atoms with Gasteiger partial charge in [0, 0.05) is 26.8 Å². The summed E-state index contributed by atoms with van der Waals surface area (Å²) in [5.41, 5.74) is -1.15. The van der Waals surface area contributed by atoms with Crippen LogP contribution >= 0.6 is 24.0 Å². The number of furan rings is 1. The standard InChI is InChI=1S/C18H30N6O3.HI/c1-5-26-10-7-9-19-17(20-12-16-23-22-14(2)24(16)4)21-13-18(3,25)15-8-6-11-27-15;/h6,8,11,25H,5,7,9-10,12-13H2,1-4H3,(H2,19,20,21);1H. The number of hydrogen-bond donors (Lipinski definition) is 3. The van der Waals surface area contributed by atoms with Crippen LogP contribution in [0.5, 0.6) is 0 Å². The van der Waals surface area contributed by atoms with Gasteiger partial charge in [-0.1, -0.05) is 0 Å². The van der Waals surface area contributed by atoms with Crippen molar-refractivity contribution < 1.29 is 14.3 Å². The Hall–Kier alpha value is -1.66. The van der Waals surface area contributed by atoms with E-state index in [-0.39, 0.29) is 30.5 Å². The number of guanidine groups is 1. The summed E-state index contributed by atoms with van der Waals surface area (Å²) in [4.78, 5) is 4.56. The average molecular weight is 506 g/mol. The van der Waals surface area contributed by atoms with Crippen LogP contribution in [-0.4, -0.2) is 52.1 Å². The van der Waals surface area contributed by atoms with Crippen LogP contribution in [0, 0.1) is 6.92 Å². The van der Waals surface area contributed by atoms with Crippen LogP contribution < -0.4 is 10.6 Å². The average Bonchev–Trinajstić information content (AvgIpc) is 3.29. The molecule has 0 fully saturated rings. The first-order chi connectivity index (χ1) is 12.9. The van der Waals surface area contributed by atoms with Gasteiger partial charge in [-0.05, 0) is 39.3 Å². The van der Waals surface area contributed by atoms with E-state index in [1.54, 1.807) is 25.3 Å². The predicted molar refractivity (Wildman–Crippen MR) is 118 cm³/mol. The third kappa shape index (κ3) is 7.40. The molecule has 28 heavy (non-hydrogen) atoms. The Balaban J connectivity index is 0.00000392. The summed E-state index contributed by atoms with van der Waals surface area (Å²) in [6.07, 6.45) is 2.40. The Morgan fingerprint density at radius 2 is 2.18 bits per heavy atom. The van der Waals surface area contributed by atoms with Gasteiger partial charge in [0.25, 0.3) is 0 Å². The maximum absolute atomic E-state index is 10.6. The lowest BCUT2D eigenvalue weighted by Gasteiger charge is -2.23. The predicted octanol–water partition coefficient (Wildman–Crippen LogP) is 1.70. The lowest BCUT2D eigenvalue weighted by Crippen LogP contribution is -2.45. The zero-order valence-electron chi connectivity index (χ0n) is 16.9. The Morgan fingerprint density at radius 3 is 2.79 bits per heavy atom. The van der Waals surface area contributed by atoms with Crippen molar-refractivity contribution in [3.05, 3.63) is 35.8 Å². The largest absolute Gasteiger partial charge is 0.466 e. The summed E-state index contributed by atoms with van der Waals surface area (Å²) in [7, 11) is 1.91. The van der Waals surface area contributed by atoms with Crippen molar-refractivity contribution in [2.24, 2.45) is 12.0 Å². The monoisotopic (exact) mass is 506 g/mol. The molecule has 2 rings (SSSR count). The second-order valence-electron chi connectivity index (χ2n) is 6.47. The molecule has 0 amide bonds. The maximum Gasteiger partial charge on any atom is 0.191 e. The van der Waals surface area contributed by atoms with Crippen LogP contribution in [-0.2, 0) is 23.9 Å². The van der Waals surface area contributed by atoms with Gasteiger partial charge in [-0.2, -0.15) is 0 Å². The number of aryl methyl sites for hydroxylation is 1. The summed E-state index contributed by atoms with van der Waals surface area (Å²) >= 11 is 0. The molecule has 0 spiro atoms. The van der Waals surface area contributed by atoms with Gasteiger partial charge in [0.1, 0.15) is 23.7 Å². The van der Waals surface area contributed by atoms with Crippen molar-refractivity contribution in [3.8, 4) is 0 Å². The molecule has 0 aliphatic heterocycles. The molecule has 2 heterocycles. The quantitative estimate of drug-likeness (QED) is 0.195. The van der Waals surface area contributed by atoms with Crippen LogP contribution in [0.2, 0.25) is 0 Å². The molecule has 10 heteroatoms. The normalized spacial score (nSPS) is 13.7. The Kier molecular flexibility index (Phi) is 10.5. The van der Waals surface area contributed by atoms with Crippen molar-refractivity contribution in [2.45, 2.75) is 39.3 Å². The molecule has 2 aromatic rings. The highest BCUT2D eigenvalue weighted by molar-refractivity contribution is 14.0. The molecule has 0 aliphatic carbocycles. The SMILES string of the molecule is CCOCCCNC(=NCc1nnc(C)n1C)NCC(C)(O)c1ccco1.I. The third-order valence-corrected chi connectivity index (χ3v) is 4.18. The molecule has 0 saturated carbocycles. The molecular weight excluding hydrogens is 475 g/mol. The van der Waals surface area contributed by atoms with Gasteiger partial charge in [0.15, 0.2) is 11.8 Å². The molecule has 0 aromatic carbocycles. The second-order valence-corrected chi connectivity index (χ2v) is 6.47. The number of rotatable bonds is 10. The van der Waals surface area contributed by atoms with Gasteiger partial charge in [-0.15, -0.1) is 34.2 Å². The van der Waals surface area contributed by atoms with Crippen molar-refractivity contribution in [3.63, 3.8) is 0 Å². The first-order valence-corrected chi connectivity index (χ1v) is 9.15. The van der Waals surface area contributed by atoms with Crippen molar-refractivity contribution >= 4 is 29.9 Å². The van der Waals surface area contributed by atoms with Gasteiger partial charge >= 0.3 is 0 Å². The van der Waals surface area contributed by atoms with Crippen LogP contribution in [0.1, 0.15) is 37.7 Å². The fourth-order valence-corrected chi connectivity index (χ4v) is 2.37. The van der Waals surface area contributed by atoms with Crippen molar-refractivity contribution in [2.75, 3.05) is 26.3 Å². The third-order valence-electron chi connectivity index (χ3n) is 4.18. The molecule has 0 radical (unpaired) electrons. The molecule has 0 aliphatic rings. The van der Waals surface area contributed by atoms with E-state index >= 15 is 0 Å². The number of aliphatic imine (C=N–C) groups is 1. The molecule has 2 aromatic heterocycles. The summed E-state index contributed by atoms with van der Waals surface area (Å²) in [6.45, 7) is 8.27. The van der Waals surface area contributed by atoms with E-state index in [9.17, 15) is 5.11 Å². The highest BCUT2D eigenvalue weighted by Gasteiger charge is 2.26. The fraction of sp³-hybridized carbons (Fsp3) is 0.611. The second kappa shape index (κ2) is 12.0. The zero-order valence-corrected chi connectivity index (χ0v) is 19.3. The van der Waals surface area contributed by atoms with E-state index in [4.69, 9.17) is 9.15 Å². The molecule has 9 nitrogen and oxygen atoms in total. The minimum absolute atomic E-state index is 0. The molecule has 1 unspecified atom stereocenters. The van der Waals surface area contributed by atoms with Gasteiger partial charge in [-0.3, -0.25) is 0 Å². The number of nitrogens with zero attached hydrogens (tertiary/aromatic N) is 4. The number of ether oxygens (including phenoxy) is 1. The molecule has 3 N–H and O–H groups in total. The summed E-state index contributed by atoms with van der Waals surface area (Å²) < 4.78 is 12.6. The molecule has 0 saturated heterocycles. The number of nitrogens with one attached hydrogen (secondary N) is 2. The lowest BCUT2D eigenvalue weighted by molar-refractivity contribution is 0.0385. The van der Waals surface area contributed by atoms with Crippen LogP contribution in [0.3, 0.4) is 0 Å². The first-order valence-electron chi connectivity index (χ1n) is 9.15. The minimum Gasteiger partial charge on any atom is -0.466 e. The first kappa shape index (κ1) is 24.4. The van der Waals surface area contributed by atoms with E-state index in [1.165, 1.54) is 0 Å².